The molecule has 1 aliphatic carbocycles. The molecule has 2 aromatic heterocycles. The van der Waals surface area contributed by atoms with Crippen molar-refractivity contribution in [1.29, 1.82) is 0 Å². The van der Waals surface area contributed by atoms with E-state index in [-0.39, 0.29) is 30.5 Å². The quantitative estimate of drug-likeness (QED) is 0.548. The van der Waals surface area contributed by atoms with Gasteiger partial charge in [0.05, 0.1) is 18.4 Å². The average molecular weight is 474 g/mol. The first-order valence-corrected chi connectivity index (χ1v) is 12.4. The Bertz CT molecular complexity index is 1110. The zero-order chi connectivity index (χ0) is 24.0. The van der Waals surface area contributed by atoms with E-state index in [4.69, 9.17) is 4.74 Å². The van der Waals surface area contributed by atoms with Gasteiger partial charge >= 0.3 is 0 Å². The molecule has 2 aliphatic rings. The van der Waals surface area contributed by atoms with Crippen LogP contribution in [0.1, 0.15) is 48.0 Å². The van der Waals surface area contributed by atoms with Crippen LogP contribution in [0.3, 0.4) is 0 Å². The maximum Gasteiger partial charge on any atom is 0.254 e. The van der Waals surface area contributed by atoms with Gasteiger partial charge < -0.3 is 14.5 Å². The molecule has 0 N–H and O–H groups in total. The predicted molar refractivity (Wildman–Crippen MR) is 131 cm³/mol. The molecule has 1 saturated heterocycles. The number of hydrogen-bond donors (Lipinski definition) is 0. The Hall–Kier alpha value is -3.52. The number of amides is 2. The molecule has 1 aliphatic heterocycles. The lowest BCUT2D eigenvalue weighted by Gasteiger charge is -2.34. The minimum absolute atomic E-state index is 0.00545. The van der Waals surface area contributed by atoms with Crippen molar-refractivity contribution in [3.63, 3.8) is 0 Å². The van der Waals surface area contributed by atoms with Gasteiger partial charge in [-0.3, -0.25) is 14.6 Å². The molecule has 0 spiro atoms. The summed E-state index contributed by atoms with van der Waals surface area (Å²) in [6.45, 7) is 1.34. The molecule has 2 amide bonds. The van der Waals surface area contributed by atoms with E-state index in [1.165, 1.54) is 6.42 Å². The van der Waals surface area contributed by atoms with E-state index in [9.17, 15) is 9.59 Å². The Kier molecular flexibility index (Phi) is 7.18. The first kappa shape index (κ1) is 23.2. The highest BCUT2D eigenvalue weighted by molar-refractivity contribution is 5.97. The number of carbonyl (C=O) groups excluding carboxylic acids is 2. The maximum atomic E-state index is 13.5. The number of rotatable bonds is 6. The van der Waals surface area contributed by atoms with Crippen molar-refractivity contribution in [2.24, 2.45) is 0 Å². The number of aromatic nitrogens is 3. The second kappa shape index (κ2) is 10.8. The van der Waals surface area contributed by atoms with Gasteiger partial charge in [0.1, 0.15) is 6.54 Å². The van der Waals surface area contributed by atoms with E-state index >= 15 is 0 Å². The van der Waals surface area contributed by atoms with Crippen LogP contribution in [-0.2, 0) is 16.1 Å². The van der Waals surface area contributed by atoms with Gasteiger partial charge in [0, 0.05) is 49.5 Å². The summed E-state index contributed by atoms with van der Waals surface area (Å²) >= 11 is 0. The third-order valence-electron chi connectivity index (χ3n) is 6.87. The van der Waals surface area contributed by atoms with Gasteiger partial charge in [-0.1, -0.05) is 25.3 Å². The molecular formula is C27H31N5O3. The highest BCUT2D eigenvalue weighted by atomic mass is 16.5. The molecule has 3 aromatic rings. The Morgan fingerprint density at radius 3 is 2.54 bits per heavy atom. The van der Waals surface area contributed by atoms with Crippen molar-refractivity contribution >= 4 is 11.8 Å². The van der Waals surface area contributed by atoms with Gasteiger partial charge in [0.2, 0.25) is 5.91 Å². The van der Waals surface area contributed by atoms with Crippen molar-refractivity contribution in [2.45, 2.75) is 50.9 Å². The Balaban J connectivity index is 1.34. The second-order valence-electron chi connectivity index (χ2n) is 9.32. The molecule has 8 nitrogen and oxygen atoms in total. The monoisotopic (exact) mass is 473 g/mol. The summed E-state index contributed by atoms with van der Waals surface area (Å²) in [6, 6.07) is 13.2. The van der Waals surface area contributed by atoms with Crippen molar-refractivity contribution < 1.29 is 14.3 Å². The number of ether oxygens (including phenoxy) is 1. The molecular weight excluding hydrogens is 442 g/mol. The smallest absolute Gasteiger partial charge is 0.254 e. The Labute approximate surface area is 205 Å². The van der Waals surface area contributed by atoms with Crippen molar-refractivity contribution in [3.8, 4) is 5.69 Å². The van der Waals surface area contributed by atoms with Crippen LogP contribution in [0.2, 0.25) is 0 Å². The normalized spacial score (nSPS) is 19.5. The molecule has 0 unspecified atom stereocenters. The molecule has 1 atom stereocenters. The topological polar surface area (TPSA) is 80.6 Å². The van der Waals surface area contributed by atoms with E-state index in [0.717, 1.165) is 36.9 Å². The van der Waals surface area contributed by atoms with Crippen LogP contribution in [0, 0.1) is 0 Å². The summed E-state index contributed by atoms with van der Waals surface area (Å²) in [5.74, 6) is -0.156. The molecule has 0 radical (unpaired) electrons. The van der Waals surface area contributed by atoms with Gasteiger partial charge in [0.15, 0.2) is 0 Å². The summed E-state index contributed by atoms with van der Waals surface area (Å²) in [7, 11) is 0. The fourth-order valence-electron chi connectivity index (χ4n) is 5.01. The molecule has 1 saturated carbocycles. The summed E-state index contributed by atoms with van der Waals surface area (Å²) in [4.78, 5) is 34.6. The first-order chi connectivity index (χ1) is 17.2. The number of carbonyl (C=O) groups is 2. The highest BCUT2D eigenvalue weighted by Crippen LogP contribution is 2.25. The Morgan fingerprint density at radius 1 is 1.00 bits per heavy atom. The van der Waals surface area contributed by atoms with Crippen molar-refractivity contribution in [3.05, 3.63) is 78.4 Å². The third-order valence-corrected chi connectivity index (χ3v) is 6.87. The first-order valence-electron chi connectivity index (χ1n) is 12.4. The molecule has 2 fully saturated rings. The third kappa shape index (κ3) is 5.59. The molecule has 182 valence electrons. The van der Waals surface area contributed by atoms with E-state index in [0.29, 0.717) is 25.3 Å². The van der Waals surface area contributed by atoms with E-state index in [1.54, 1.807) is 40.3 Å². The largest absolute Gasteiger partial charge is 0.370 e. The Morgan fingerprint density at radius 2 is 1.83 bits per heavy atom. The molecule has 8 heteroatoms. The van der Waals surface area contributed by atoms with Crippen LogP contribution >= 0.6 is 0 Å². The van der Waals surface area contributed by atoms with Gasteiger partial charge in [-0.15, -0.1) is 0 Å². The molecule has 3 heterocycles. The number of nitrogens with zero attached hydrogens (tertiary/aromatic N) is 5. The van der Waals surface area contributed by atoms with Crippen LogP contribution in [0.25, 0.3) is 5.69 Å². The SMILES string of the molecule is O=C(c1ccc(-n2cccn2)cc1)N1CC(=O)N(C2CCCCC2)C[C@H](OCc2cccnc2)C1. The second-order valence-corrected chi connectivity index (χ2v) is 9.32. The molecule has 1 aromatic carbocycles. The van der Waals surface area contributed by atoms with Gasteiger partial charge in [-0.05, 0) is 54.8 Å². The fraction of sp³-hybridized carbons (Fsp3) is 0.407. The highest BCUT2D eigenvalue weighted by Gasteiger charge is 2.35. The standard InChI is InChI=1S/C27H31N5O3/c33-26-19-30(27(34)22-9-11-24(12-10-22)32-15-5-14-29-32)17-25(35-20-21-6-4-13-28-16-21)18-31(26)23-7-2-1-3-8-23/h4-6,9-16,23,25H,1-3,7-8,17-20H2/t25-/m1/s1. The maximum absolute atomic E-state index is 13.5. The van der Waals surface area contributed by atoms with Crippen LogP contribution in [0.15, 0.2) is 67.3 Å². The number of benzene rings is 1. The van der Waals surface area contributed by atoms with Crippen LogP contribution < -0.4 is 0 Å². The lowest BCUT2D eigenvalue weighted by molar-refractivity contribution is -0.134. The van der Waals surface area contributed by atoms with Crippen LogP contribution in [0.4, 0.5) is 0 Å². The zero-order valence-corrected chi connectivity index (χ0v) is 19.8. The number of hydrogen-bond acceptors (Lipinski definition) is 5. The van der Waals surface area contributed by atoms with E-state index in [1.807, 2.05) is 41.4 Å². The van der Waals surface area contributed by atoms with Crippen molar-refractivity contribution in [1.82, 2.24) is 24.6 Å². The van der Waals surface area contributed by atoms with Crippen LogP contribution in [0.5, 0.6) is 0 Å². The van der Waals surface area contributed by atoms with E-state index in [2.05, 4.69) is 10.1 Å². The average Bonchev–Trinajstić information content (AvgIpc) is 3.39. The van der Waals surface area contributed by atoms with Gasteiger partial charge in [-0.2, -0.15) is 5.10 Å². The molecule has 35 heavy (non-hydrogen) atoms. The van der Waals surface area contributed by atoms with Crippen molar-refractivity contribution in [2.75, 3.05) is 19.6 Å². The summed E-state index contributed by atoms with van der Waals surface area (Å²) in [5, 5.41) is 4.23. The van der Waals surface area contributed by atoms with Gasteiger partial charge in [-0.25, -0.2) is 4.68 Å². The zero-order valence-electron chi connectivity index (χ0n) is 19.8. The molecule has 5 rings (SSSR count). The fourth-order valence-corrected chi connectivity index (χ4v) is 5.01. The summed E-state index contributed by atoms with van der Waals surface area (Å²) in [5.41, 5.74) is 2.39. The molecule has 0 bridgehead atoms. The number of pyridine rings is 1. The lowest BCUT2D eigenvalue weighted by Crippen LogP contribution is -2.46. The van der Waals surface area contributed by atoms with E-state index < -0.39 is 0 Å². The summed E-state index contributed by atoms with van der Waals surface area (Å²) < 4.78 is 8.01. The minimum atomic E-state index is -0.268. The minimum Gasteiger partial charge on any atom is -0.370 e. The summed E-state index contributed by atoms with van der Waals surface area (Å²) in [6.07, 6.45) is 12.4. The van der Waals surface area contributed by atoms with Gasteiger partial charge in [0.25, 0.3) is 5.91 Å². The lowest BCUT2D eigenvalue weighted by atomic mass is 9.94. The predicted octanol–water partition coefficient (Wildman–Crippen LogP) is 3.47. The van der Waals surface area contributed by atoms with Crippen LogP contribution in [-0.4, -0.2) is 68.2 Å².